The lowest BCUT2D eigenvalue weighted by molar-refractivity contribution is -0.143. The molecule has 43 heavy (non-hydrogen) atoms. The fourth-order valence-electron chi connectivity index (χ4n) is 6.47. The van der Waals surface area contributed by atoms with Crippen LogP contribution in [0, 0.1) is 11.8 Å². The van der Waals surface area contributed by atoms with Crippen LogP contribution in [0.1, 0.15) is 35.6 Å². The number of pyridine rings is 1. The first-order valence-corrected chi connectivity index (χ1v) is 13.7. The molecule has 4 aromatic rings. The summed E-state index contributed by atoms with van der Waals surface area (Å²) in [6.45, 7) is 5.52. The van der Waals surface area contributed by atoms with Crippen molar-refractivity contribution in [3.05, 3.63) is 105 Å². The Kier molecular flexibility index (Phi) is 7.07. The van der Waals surface area contributed by atoms with E-state index in [0.717, 1.165) is 36.9 Å². The maximum Gasteiger partial charge on any atom is 0.416 e. The average molecular weight is 601 g/mol. The molecule has 0 amide bonds. The van der Waals surface area contributed by atoms with Crippen molar-refractivity contribution in [2.75, 3.05) is 23.7 Å². The van der Waals surface area contributed by atoms with E-state index in [1.165, 1.54) is 0 Å². The summed E-state index contributed by atoms with van der Waals surface area (Å²) in [5.41, 5.74) is -4.71. The maximum atomic E-state index is 13.4. The molecule has 4 heterocycles. The van der Waals surface area contributed by atoms with E-state index in [-0.39, 0.29) is 23.5 Å². The first kappa shape index (κ1) is 28.9. The lowest BCUT2D eigenvalue weighted by Crippen LogP contribution is -2.56. The van der Waals surface area contributed by atoms with Crippen LogP contribution in [-0.4, -0.2) is 29.0 Å². The monoisotopic (exact) mass is 600 g/mol. The van der Waals surface area contributed by atoms with Crippen LogP contribution in [0.3, 0.4) is 0 Å². The van der Waals surface area contributed by atoms with Crippen LogP contribution in [0.25, 0.3) is 10.9 Å². The van der Waals surface area contributed by atoms with Crippen molar-refractivity contribution >= 4 is 28.0 Å². The average Bonchev–Trinajstić information content (AvgIpc) is 2.99. The molecule has 0 aliphatic carbocycles. The van der Waals surface area contributed by atoms with E-state index in [2.05, 4.69) is 27.1 Å². The fourth-order valence-corrected chi connectivity index (χ4v) is 6.47. The number of benzene rings is 2. The predicted molar refractivity (Wildman–Crippen MR) is 151 cm³/mol. The predicted octanol–water partition coefficient (Wildman–Crippen LogP) is 6.66. The number of nitrogens with one attached hydrogen (secondary N) is 2. The highest BCUT2D eigenvalue weighted by Gasteiger charge is 2.44. The van der Waals surface area contributed by atoms with Gasteiger partial charge in [0, 0.05) is 29.9 Å². The van der Waals surface area contributed by atoms with Gasteiger partial charge in [-0.15, -0.1) is 6.58 Å². The minimum Gasteiger partial charge on any atom is -0.372 e. The van der Waals surface area contributed by atoms with E-state index in [4.69, 9.17) is 0 Å². The minimum absolute atomic E-state index is 0.000122. The highest BCUT2D eigenvalue weighted by Crippen LogP contribution is 2.44. The Balaban J connectivity index is 1.41. The van der Waals surface area contributed by atoms with Gasteiger partial charge in [0.1, 0.15) is 11.4 Å². The summed E-state index contributed by atoms with van der Waals surface area (Å²) in [7, 11) is 0. The Morgan fingerprint density at radius 2 is 1.63 bits per heavy atom. The third-order valence-electron chi connectivity index (χ3n) is 8.62. The quantitative estimate of drug-likeness (QED) is 0.140. The largest absolute Gasteiger partial charge is 0.416 e. The number of piperidine rings is 3. The number of para-hydroxylation sites is 1. The molecule has 3 aromatic carbocycles. The van der Waals surface area contributed by atoms with Gasteiger partial charge in [0.2, 0.25) is 0 Å². The zero-order valence-corrected chi connectivity index (χ0v) is 22.6. The molecule has 3 aliphatic rings. The second kappa shape index (κ2) is 10.5. The van der Waals surface area contributed by atoms with E-state index in [0.29, 0.717) is 29.5 Å². The number of fused-ring (bicyclic) bond motifs is 4. The molecule has 5 atom stereocenters. The highest BCUT2D eigenvalue weighted by molar-refractivity contribution is 5.84. The zero-order chi connectivity index (χ0) is 30.7. The molecule has 2 N–H and O–H groups in total. The van der Waals surface area contributed by atoms with Crippen molar-refractivity contribution < 1.29 is 26.3 Å². The van der Waals surface area contributed by atoms with E-state index >= 15 is 0 Å². The number of alkyl halides is 6. The van der Waals surface area contributed by atoms with Crippen molar-refractivity contribution in [2.24, 2.45) is 11.8 Å². The van der Waals surface area contributed by atoms with Crippen LogP contribution >= 0.6 is 0 Å². The first-order valence-electron chi connectivity index (χ1n) is 13.7. The van der Waals surface area contributed by atoms with Gasteiger partial charge < -0.3 is 10.6 Å². The molecule has 0 spiro atoms. The normalized spacial score (nSPS) is 22.9. The summed E-state index contributed by atoms with van der Waals surface area (Å²) in [6, 6.07) is 9.52. The molecule has 1 aromatic heterocycles. The number of aromatic nitrogens is 1. The molecule has 224 valence electrons. The van der Waals surface area contributed by atoms with Gasteiger partial charge in [-0.25, -0.2) is 0 Å². The first-order chi connectivity index (χ1) is 20.3. The van der Waals surface area contributed by atoms with Gasteiger partial charge in [-0.3, -0.25) is 19.5 Å². The lowest BCUT2D eigenvalue weighted by Gasteiger charge is -2.52. The Labute approximate surface area is 241 Å². The van der Waals surface area contributed by atoms with E-state index < -0.39 is 46.1 Å². The van der Waals surface area contributed by atoms with E-state index in [1.54, 1.807) is 6.20 Å². The summed E-state index contributed by atoms with van der Waals surface area (Å²) >= 11 is 0. The molecule has 6 nitrogen and oxygen atoms in total. The van der Waals surface area contributed by atoms with Crippen LogP contribution in [0.15, 0.2) is 77.0 Å². The van der Waals surface area contributed by atoms with Gasteiger partial charge in [0.05, 0.1) is 22.7 Å². The molecule has 4 unspecified atom stereocenters. The maximum absolute atomic E-state index is 13.4. The SMILES string of the molecule is C=CC1CN2CCC1CC2[C@@H](Nc1c(Nc2cc(C(F)(F)F)cc(C(F)(F)F)c2)c(=O)c1=O)c1ccnc2ccccc12. The highest BCUT2D eigenvalue weighted by atomic mass is 19.4. The lowest BCUT2D eigenvalue weighted by atomic mass is 9.73. The molecule has 2 bridgehead atoms. The smallest absolute Gasteiger partial charge is 0.372 e. The summed E-state index contributed by atoms with van der Waals surface area (Å²) in [6.07, 6.45) is -4.83. The van der Waals surface area contributed by atoms with Crippen molar-refractivity contribution in [3.63, 3.8) is 0 Å². The van der Waals surface area contributed by atoms with Crippen LogP contribution < -0.4 is 21.5 Å². The molecular formula is C31H26F6N4O2. The van der Waals surface area contributed by atoms with E-state index in [1.807, 2.05) is 36.4 Å². The fraction of sp³-hybridized carbons (Fsp3) is 0.323. The number of anilines is 3. The molecule has 3 saturated heterocycles. The third kappa shape index (κ3) is 5.28. The van der Waals surface area contributed by atoms with Crippen molar-refractivity contribution in [1.82, 2.24) is 9.88 Å². The Morgan fingerprint density at radius 1 is 0.953 bits per heavy atom. The molecule has 7 rings (SSSR count). The summed E-state index contributed by atoms with van der Waals surface area (Å²) in [5.74, 6) is 0.646. The van der Waals surface area contributed by atoms with E-state index in [9.17, 15) is 35.9 Å². The number of rotatable bonds is 7. The molecular weight excluding hydrogens is 574 g/mol. The second-order valence-electron chi connectivity index (χ2n) is 11.1. The van der Waals surface area contributed by atoms with Gasteiger partial charge in [0.25, 0.3) is 10.9 Å². The van der Waals surface area contributed by atoms with Gasteiger partial charge in [-0.05, 0) is 67.1 Å². The summed E-state index contributed by atoms with van der Waals surface area (Å²) < 4.78 is 80.7. The van der Waals surface area contributed by atoms with Crippen molar-refractivity contribution in [3.8, 4) is 0 Å². The number of halogens is 6. The number of hydrogen-bond acceptors (Lipinski definition) is 6. The third-order valence-corrected chi connectivity index (χ3v) is 8.62. The van der Waals surface area contributed by atoms with Gasteiger partial charge in [0.15, 0.2) is 0 Å². The minimum atomic E-state index is -5.07. The van der Waals surface area contributed by atoms with Gasteiger partial charge >= 0.3 is 12.4 Å². The van der Waals surface area contributed by atoms with Crippen LogP contribution in [0.2, 0.25) is 0 Å². The van der Waals surface area contributed by atoms with Crippen molar-refractivity contribution in [2.45, 2.75) is 37.3 Å². The van der Waals surface area contributed by atoms with Crippen LogP contribution in [0.5, 0.6) is 0 Å². The summed E-state index contributed by atoms with van der Waals surface area (Å²) in [5, 5.41) is 6.40. The Bertz CT molecular complexity index is 1740. The molecule has 3 fully saturated rings. The standard InChI is InChI=1S/C31H26F6N4O2/c1-2-16-15-41-10-8-17(16)11-24(41)25(22-7-9-38-23-6-4-3-5-21(22)23)40-27-26(28(42)29(27)43)39-20-13-18(30(32,33)34)12-19(14-20)31(35,36)37/h2-7,9,12-14,16-17,24-25,39-40H,1,8,10-11,15H2/t16?,17?,24?,25-/m0/s1. The van der Waals surface area contributed by atoms with Crippen LogP contribution in [-0.2, 0) is 12.4 Å². The van der Waals surface area contributed by atoms with Crippen molar-refractivity contribution in [1.29, 1.82) is 0 Å². The Morgan fingerprint density at radius 3 is 2.26 bits per heavy atom. The van der Waals surface area contributed by atoms with Gasteiger partial charge in [-0.1, -0.05) is 24.3 Å². The topological polar surface area (TPSA) is 74.3 Å². The molecule has 3 aliphatic heterocycles. The number of hydrogen-bond donors (Lipinski definition) is 2. The van der Waals surface area contributed by atoms with Crippen LogP contribution in [0.4, 0.5) is 43.4 Å². The zero-order valence-electron chi connectivity index (χ0n) is 22.6. The molecule has 0 radical (unpaired) electrons. The summed E-state index contributed by atoms with van der Waals surface area (Å²) in [4.78, 5) is 32.3. The second-order valence-corrected chi connectivity index (χ2v) is 11.1. The Hall–Kier alpha value is -4.19. The van der Waals surface area contributed by atoms with Gasteiger partial charge in [-0.2, -0.15) is 26.3 Å². The molecule has 0 saturated carbocycles. The number of nitrogens with zero attached hydrogens (tertiary/aromatic N) is 2. The molecule has 12 heteroatoms.